The lowest BCUT2D eigenvalue weighted by Gasteiger charge is -2.28. The van der Waals surface area contributed by atoms with E-state index in [1.807, 2.05) is 0 Å². The molecular weight excluding hydrogens is 180 g/mol. The molecule has 0 radical (unpaired) electrons. The molecule has 1 fully saturated rings. The fourth-order valence-electron chi connectivity index (χ4n) is 2.25. The first kappa shape index (κ1) is 11.5. The Labute approximate surface area is 85.1 Å². The molecule has 3 heteroatoms. The molecule has 2 N–H and O–H groups in total. The molecule has 0 spiro atoms. The molecule has 0 aromatic rings. The maximum absolute atomic E-state index is 11.2. The molecule has 0 heterocycles. The highest BCUT2D eigenvalue weighted by Crippen LogP contribution is 2.43. The topological polar surface area (TPSA) is 57.5 Å². The van der Waals surface area contributed by atoms with E-state index in [0.29, 0.717) is 25.2 Å². The Morgan fingerprint density at radius 1 is 1.57 bits per heavy atom. The smallest absolute Gasteiger partial charge is 0.312 e. The number of aliphatic hydroxyl groups excluding tert-OH is 1. The maximum atomic E-state index is 11.2. The molecule has 0 aromatic heterocycles. The highest BCUT2D eigenvalue weighted by Gasteiger charge is 2.48. The summed E-state index contributed by atoms with van der Waals surface area (Å²) in [5, 5.41) is 18.9. The molecule has 0 amide bonds. The summed E-state index contributed by atoms with van der Waals surface area (Å²) in [7, 11) is 0. The Bertz CT molecular complexity index is 213. The first-order valence-corrected chi connectivity index (χ1v) is 5.40. The van der Waals surface area contributed by atoms with Crippen LogP contribution in [-0.2, 0) is 4.79 Å². The van der Waals surface area contributed by atoms with Gasteiger partial charge in [-0.15, -0.1) is 0 Å². The van der Waals surface area contributed by atoms with E-state index >= 15 is 0 Å². The number of aliphatic hydroxyl groups is 1. The molecule has 14 heavy (non-hydrogen) atoms. The molecule has 1 aliphatic rings. The fourth-order valence-corrected chi connectivity index (χ4v) is 2.25. The Hall–Kier alpha value is -0.570. The van der Waals surface area contributed by atoms with E-state index < -0.39 is 17.5 Å². The standard InChI is InChI=1S/C11H20O3/c1-8(2)5-7-11(10(13)14)6-3-4-9(11)12/h8-9,12H,3-7H2,1-2H3,(H,13,14). The van der Waals surface area contributed by atoms with Crippen LogP contribution in [0.4, 0.5) is 0 Å². The lowest BCUT2D eigenvalue weighted by atomic mass is 9.78. The SMILES string of the molecule is CC(C)CCC1(C(=O)O)CCCC1O. The van der Waals surface area contributed by atoms with Gasteiger partial charge in [-0.3, -0.25) is 4.79 Å². The van der Waals surface area contributed by atoms with Crippen LogP contribution in [0.15, 0.2) is 0 Å². The van der Waals surface area contributed by atoms with Crippen LogP contribution in [0.3, 0.4) is 0 Å². The molecule has 1 rings (SSSR count). The zero-order valence-corrected chi connectivity index (χ0v) is 8.99. The van der Waals surface area contributed by atoms with Gasteiger partial charge in [0.25, 0.3) is 0 Å². The van der Waals surface area contributed by atoms with E-state index in [-0.39, 0.29) is 0 Å². The monoisotopic (exact) mass is 200 g/mol. The van der Waals surface area contributed by atoms with Crippen molar-refractivity contribution in [3.63, 3.8) is 0 Å². The van der Waals surface area contributed by atoms with E-state index in [2.05, 4.69) is 13.8 Å². The Morgan fingerprint density at radius 2 is 2.21 bits per heavy atom. The summed E-state index contributed by atoms with van der Waals surface area (Å²) in [5.41, 5.74) is -0.843. The van der Waals surface area contributed by atoms with Crippen LogP contribution in [0.1, 0.15) is 46.0 Å². The van der Waals surface area contributed by atoms with Crippen molar-refractivity contribution in [3.05, 3.63) is 0 Å². The largest absolute Gasteiger partial charge is 0.481 e. The molecule has 0 aliphatic heterocycles. The van der Waals surface area contributed by atoms with Crippen molar-refractivity contribution in [1.29, 1.82) is 0 Å². The van der Waals surface area contributed by atoms with E-state index in [0.717, 1.165) is 12.8 Å². The summed E-state index contributed by atoms with van der Waals surface area (Å²) in [6.45, 7) is 4.16. The van der Waals surface area contributed by atoms with Crippen LogP contribution in [-0.4, -0.2) is 22.3 Å². The summed E-state index contributed by atoms with van der Waals surface area (Å²) < 4.78 is 0. The third kappa shape index (κ3) is 2.08. The molecule has 1 saturated carbocycles. The summed E-state index contributed by atoms with van der Waals surface area (Å²) in [6.07, 6.45) is 2.97. The molecule has 2 unspecified atom stereocenters. The third-order valence-electron chi connectivity index (χ3n) is 3.33. The van der Waals surface area contributed by atoms with Crippen LogP contribution in [0.2, 0.25) is 0 Å². The number of hydrogen-bond acceptors (Lipinski definition) is 2. The Morgan fingerprint density at radius 3 is 2.57 bits per heavy atom. The first-order chi connectivity index (χ1) is 6.49. The van der Waals surface area contributed by atoms with Gasteiger partial charge < -0.3 is 10.2 Å². The first-order valence-electron chi connectivity index (χ1n) is 5.40. The van der Waals surface area contributed by atoms with Gasteiger partial charge in [0.15, 0.2) is 0 Å². The number of rotatable bonds is 4. The van der Waals surface area contributed by atoms with Crippen LogP contribution >= 0.6 is 0 Å². The highest BCUT2D eigenvalue weighted by molar-refractivity contribution is 5.75. The quantitative estimate of drug-likeness (QED) is 0.730. The van der Waals surface area contributed by atoms with Gasteiger partial charge in [0.2, 0.25) is 0 Å². The number of carboxylic acids is 1. The number of carbonyl (C=O) groups is 1. The molecule has 3 nitrogen and oxygen atoms in total. The van der Waals surface area contributed by atoms with Crippen molar-refractivity contribution in [2.75, 3.05) is 0 Å². The minimum absolute atomic E-state index is 0.499. The zero-order chi connectivity index (χ0) is 10.8. The Kier molecular flexibility index (Phi) is 3.53. The van der Waals surface area contributed by atoms with E-state index in [1.54, 1.807) is 0 Å². The second kappa shape index (κ2) is 4.30. The van der Waals surface area contributed by atoms with Gasteiger partial charge >= 0.3 is 5.97 Å². The van der Waals surface area contributed by atoms with Crippen molar-refractivity contribution < 1.29 is 15.0 Å². The summed E-state index contributed by atoms with van der Waals surface area (Å²) in [6, 6.07) is 0. The van der Waals surface area contributed by atoms with E-state index in [4.69, 9.17) is 0 Å². The number of hydrogen-bond donors (Lipinski definition) is 2. The summed E-state index contributed by atoms with van der Waals surface area (Å²) in [5.74, 6) is -0.317. The van der Waals surface area contributed by atoms with Crippen molar-refractivity contribution in [1.82, 2.24) is 0 Å². The minimum atomic E-state index is -0.843. The van der Waals surface area contributed by atoms with Gasteiger partial charge in [0, 0.05) is 0 Å². The van der Waals surface area contributed by atoms with Crippen LogP contribution in [0.5, 0.6) is 0 Å². The molecule has 82 valence electrons. The Balaban J connectivity index is 2.67. The second-order valence-corrected chi connectivity index (χ2v) is 4.80. The molecular formula is C11H20O3. The predicted octanol–water partition coefficient (Wildman–Crippen LogP) is 2.04. The van der Waals surface area contributed by atoms with Crippen molar-refractivity contribution in [2.24, 2.45) is 11.3 Å². The van der Waals surface area contributed by atoms with Gasteiger partial charge in [-0.05, 0) is 38.0 Å². The van der Waals surface area contributed by atoms with Crippen molar-refractivity contribution in [3.8, 4) is 0 Å². The lowest BCUT2D eigenvalue weighted by Crippen LogP contribution is -2.38. The van der Waals surface area contributed by atoms with Gasteiger partial charge in [-0.25, -0.2) is 0 Å². The molecule has 2 atom stereocenters. The van der Waals surface area contributed by atoms with Gasteiger partial charge in [-0.1, -0.05) is 13.8 Å². The zero-order valence-electron chi connectivity index (χ0n) is 8.99. The molecule has 1 aliphatic carbocycles. The predicted molar refractivity (Wildman–Crippen MR) is 54.0 cm³/mol. The second-order valence-electron chi connectivity index (χ2n) is 4.80. The normalized spacial score (nSPS) is 32.4. The summed E-state index contributed by atoms with van der Waals surface area (Å²) >= 11 is 0. The number of carboxylic acid groups (broad SMARTS) is 1. The van der Waals surface area contributed by atoms with Crippen molar-refractivity contribution in [2.45, 2.75) is 52.1 Å². The number of aliphatic carboxylic acids is 1. The molecule has 0 bridgehead atoms. The van der Waals surface area contributed by atoms with Gasteiger partial charge in [0.1, 0.15) is 0 Å². The lowest BCUT2D eigenvalue weighted by molar-refractivity contribution is -0.155. The van der Waals surface area contributed by atoms with Crippen LogP contribution in [0.25, 0.3) is 0 Å². The average Bonchev–Trinajstić information content (AvgIpc) is 2.44. The molecule has 0 aromatic carbocycles. The maximum Gasteiger partial charge on any atom is 0.312 e. The summed E-state index contributed by atoms with van der Waals surface area (Å²) in [4.78, 5) is 11.2. The highest BCUT2D eigenvalue weighted by atomic mass is 16.4. The average molecular weight is 200 g/mol. The van der Waals surface area contributed by atoms with Gasteiger partial charge in [-0.2, -0.15) is 0 Å². The van der Waals surface area contributed by atoms with E-state index in [1.165, 1.54) is 0 Å². The van der Waals surface area contributed by atoms with Crippen molar-refractivity contribution >= 4 is 5.97 Å². The minimum Gasteiger partial charge on any atom is -0.481 e. The van der Waals surface area contributed by atoms with Crippen LogP contribution in [0, 0.1) is 11.3 Å². The molecule has 0 saturated heterocycles. The fraction of sp³-hybridized carbons (Fsp3) is 0.909. The van der Waals surface area contributed by atoms with E-state index in [9.17, 15) is 15.0 Å². The van der Waals surface area contributed by atoms with Crippen LogP contribution < -0.4 is 0 Å². The third-order valence-corrected chi connectivity index (χ3v) is 3.33. The van der Waals surface area contributed by atoms with Gasteiger partial charge in [0.05, 0.1) is 11.5 Å².